The molecule has 1 fully saturated rings. The Morgan fingerprint density at radius 1 is 1.00 bits per heavy atom. The zero-order valence-electron chi connectivity index (χ0n) is 23.4. The number of H-pyrrole nitrogens is 1. The number of aromatic amines is 1. The molecule has 0 unspecified atom stereocenters. The topological polar surface area (TPSA) is 127 Å². The second-order valence-corrected chi connectivity index (χ2v) is 13.4. The quantitative estimate of drug-likeness (QED) is 0.223. The van der Waals surface area contributed by atoms with Gasteiger partial charge in [-0.2, -0.15) is 4.31 Å². The van der Waals surface area contributed by atoms with Crippen LogP contribution in [0.3, 0.4) is 0 Å². The van der Waals surface area contributed by atoms with Gasteiger partial charge in [0, 0.05) is 73.5 Å². The van der Waals surface area contributed by atoms with Crippen LogP contribution in [0.4, 0.5) is 15.8 Å². The van der Waals surface area contributed by atoms with Crippen LogP contribution in [-0.4, -0.2) is 66.7 Å². The summed E-state index contributed by atoms with van der Waals surface area (Å²) in [7, 11) is -3.56. The molecule has 44 heavy (non-hydrogen) atoms. The number of sulfonamides is 1. The van der Waals surface area contributed by atoms with Gasteiger partial charge >= 0.3 is 0 Å². The second kappa shape index (κ2) is 12.6. The Morgan fingerprint density at radius 2 is 1.77 bits per heavy atom. The van der Waals surface area contributed by atoms with E-state index in [9.17, 15) is 18.0 Å². The lowest BCUT2D eigenvalue weighted by atomic mass is 10.0. The second-order valence-electron chi connectivity index (χ2n) is 10.3. The predicted molar refractivity (Wildman–Crippen MR) is 168 cm³/mol. The number of thiophene rings is 1. The van der Waals surface area contributed by atoms with Gasteiger partial charge in [-0.05, 0) is 53.4 Å². The number of piperazine rings is 1. The van der Waals surface area contributed by atoms with Gasteiger partial charge < -0.3 is 20.5 Å². The van der Waals surface area contributed by atoms with E-state index in [1.807, 2.05) is 29.2 Å². The Balaban J connectivity index is 1.16. The summed E-state index contributed by atoms with van der Waals surface area (Å²) < 4.78 is 42.8. The zero-order valence-corrected chi connectivity index (χ0v) is 25.1. The van der Waals surface area contributed by atoms with Crippen molar-refractivity contribution in [1.82, 2.24) is 19.6 Å². The summed E-state index contributed by atoms with van der Waals surface area (Å²) in [4.78, 5) is 35.7. The molecule has 5 aromatic rings. The van der Waals surface area contributed by atoms with Gasteiger partial charge in [0.05, 0.1) is 5.56 Å². The maximum atomic E-state index is 15.4. The molecular formula is C31H29FN6O4S2. The van der Waals surface area contributed by atoms with Gasteiger partial charge in [0.25, 0.3) is 15.9 Å². The number of nitrogens with zero attached hydrogens (tertiary/aromatic N) is 3. The minimum Gasteiger partial charge on any atom is -0.369 e. The van der Waals surface area contributed by atoms with Gasteiger partial charge in [-0.1, -0.05) is 24.3 Å². The molecule has 226 valence electrons. The number of anilines is 2. The molecule has 1 saturated heterocycles. The summed E-state index contributed by atoms with van der Waals surface area (Å²) in [6, 6.07) is 17.5. The van der Waals surface area contributed by atoms with E-state index >= 15 is 4.39 Å². The fourth-order valence-corrected chi connectivity index (χ4v) is 7.81. The molecule has 10 nitrogen and oxygen atoms in total. The SMILES string of the molecule is O=C(N[C@H](Cc1c[nH]c2ccccc12)C(=O)Nc1ccncc1)c1ccc(N2CCN(S(=O)(=O)c3cccs3)CC2)cc1F. The number of benzene rings is 2. The number of para-hydroxylation sites is 1. The van der Waals surface area contributed by atoms with Gasteiger partial charge in [0.2, 0.25) is 5.91 Å². The summed E-state index contributed by atoms with van der Waals surface area (Å²) in [5, 5.41) is 8.17. The lowest BCUT2D eigenvalue weighted by molar-refractivity contribution is -0.118. The van der Waals surface area contributed by atoms with Crippen LogP contribution in [0.5, 0.6) is 0 Å². The summed E-state index contributed by atoms with van der Waals surface area (Å²) in [5.74, 6) is -1.92. The van der Waals surface area contributed by atoms with Crippen molar-refractivity contribution >= 4 is 55.5 Å². The Kier molecular flexibility index (Phi) is 8.42. The maximum Gasteiger partial charge on any atom is 0.254 e. The smallest absolute Gasteiger partial charge is 0.254 e. The van der Waals surface area contributed by atoms with Crippen molar-refractivity contribution < 1.29 is 22.4 Å². The van der Waals surface area contributed by atoms with Crippen molar-refractivity contribution in [2.75, 3.05) is 36.4 Å². The normalized spacial score (nSPS) is 14.8. The number of amides is 2. The van der Waals surface area contributed by atoms with Gasteiger partial charge in [0.1, 0.15) is 16.1 Å². The monoisotopic (exact) mass is 632 g/mol. The van der Waals surface area contributed by atoms with E-state index in [1.54, 1.807) is 54.3 Å². The highest BCUT2D eigenvalue weighted by Crippen LogP contribution is 2.26. The highest BCUT2D eigenvalue weighted by molar-refractivity contribution is 7.91. The number of fused-ring (bicyclic) bond motifs is 1. The molecule has 1 aliphatic rings. The Morgan fingerprint density at radius 3 is 2.50 bits per heavy atom. The molecule has 2 amide bonds. The third kappa shape index (κ3) is 6.20. The number of nitrogens with one attached hydrogen (secondary N) is 3. The molecule has 0 bridgehead atoms. The van der Waals surface area contributed by atoms with E-state index in [1.165, 1.54) is 27.8 Å². The van der Waals surface area contributed by atoms with E-state index in [-0.39, 0.29) is 25.1 Å². The number of halogens is 1. The van der Waals surface area contributed by atoms with E-state index < -0.39 is 33.7 Å². The van der Waals surface area contributed by atoms with Crippen molar-refractivity contribution in [2.24, 2.45) is 0 Å². The molecule has 2 aromatic carbocycles. The molecule has 0 spiro atoms. The molecule has 0 saturated carbocycles. The van der Waals surface area contributed by atoms with Crippen molar-refractivity contribution in [1.29, 1.82) is 0 Å². The molecular weight excluding hydrogens is 604 g/mol. The first-order valence-electron chi connectivity index (χ1n) is 13.9. The number of hydrogen-bond acceptors (Lipinski definition) is 7. The molecule has 3 aromatic heterocycles. The number of aromatic nitrogens is 2. The van der Waals surface area contributed by atoms with Gasteiger partial charge in [0.15, 0.2) is 0 Å². The van der Waals surface area contributed by atoms with Crippen molar-refractivity contribution in [3.05, 3.63) is 108 Å². The third-order valence-electron chi connectivity index (χ3n) is 7.56. The lowest BCUT2D eigenvalue weighted by Crippen LogP contribution is -2.48. The van der Waals surface area contributed by atoms with Crippen molar-refractivity contribution in [3.8, 4) is 0 Å². The average Bonchev–Trinajstić information content (AvgIpc) is 3.73. The molecule has 0 radical (unpaired) electrons. The van der Waals surface area contributed by atoms with E-state index in [0.29, 0.717) is 28.7 Å². The summed E-state index contributed by atoms with van der Waals surface area (Å²) >= 11 is 1.17. The largest absolute Gasteiger partial charge is 0.369 e. The van der Waals surface area contributed by atoms with E-state index in [2.05, 4.69) is 20.6 Å². The Labute approximate surface area is 257 Å². The minimum atomic E-state index is -3.56. The standard InChI is InChI=1S/C31H29FN6O4S2/c32-26-19-23(37-13-15-38(16-14-37)44(41,42)29-6-3-17-43-29)7-8-25(26)30(39)36-28(31(40)35-22-9-11-33-12-10-22)18-21-20-34-27-5-2-1-4-24(21)27/h1-12,17,19-20,28,34H,13-16,18H2,(H,36,39)(H,33,35,40)/t28-/m1/s1. The molecule has 6 rings (SSSR count). The number of pyridine rings is 1. The van der Waals surface area contributed by atoms with Crippen LogP contribution < -0.4 is 15.5 Å². The van der Waals surface area contributed by atoms with E-state index in [0.717, 1.165) is 16.5 Å². The number of hydrogen-bond donors (Lipinski definition) is 3. The molecule has 13 heteroatoms. The van der Waals surface area contributed by atoms with Crippen LogP contribution in [0.2, 0.25) is 0 Å². The van der Waals surface area contributed by atoms with Crippen LogP contribution in [0.15, 0.2) is 94.9 Å². The number of carbonyl (C=O) groups is 2. The average molecular weight is 633 g/mol. The van der Waals surface area contributed by atoms with Crippen LogP contribution in [-0.2, 0) is 21.2 Å². The molecule has 4 heterocycles. The van der Waals surface area contributed by atoms with E-state index in [4.69, 9.17) is 0 Å². The molecule has 3 N–H and O–H groups in total. The number of rotatable bonds is 9. The summed E-state index contributed by atoms with van der Waals surface area (Å²) in [6.45, 7) is 1.26. The molecule has 1 atom stereocenters. The fraction of sp³-hybridized carbons (Fsp3) is 0.194. The van der Waals surface area contributed by atoms with Gasteiger partial charge in [-0.15, -0.1) is 11.3 Å². The van der Waals surface area contributed by atoms with Crippen molar-refractivity contribution in [2.45, 2.75) is 16.7 Å². The maximum absolute atomic E-state index is 15.4. The Bertz CT molecular complexity index is 1890. The Hall–Kier alpha value is -4.59. The van der Waals surface area contributed by atoms with Gasteiger partial charge in [-0.25, -0.2) is 12.8 Å². The lowest BCUT2D eigenvalue weighted by Gasteiger charge is -2.35. The number of carbonyl (C=O) groups excluding carboxylic acids is 2. The first-order chi connectivity index (χ1) is 21.3. The zero-order chi connectivity index (χ0) is 30.7. The highest BCUT2D eigenvalue weighted by atomic mass is 32.2. The van der Waals surface area contributed by atoms with Gasteiger partial charge in [-0.3, -0.25) is 14.6 Å². The van der Waals surface area contributed by atoms with Crippen molar-refractivity contribution in [3.63, 3.8) is 0 Å². The third-order valence-corrected chi connectivity index (χ3v) is 10.8. The van der Waals surface area contributed by atoms with Crippen LogP contribution in [0, 0.1) is 5.82 Å². The fourth-order valence-electron chi connectivity index (χ4n) is 5.24. The first-order valence-corrected chi connectivity index (χ1v) is 16.3. The highest BCUT2D eigenvalue weighted by Gasteiger charge is 2.30. The first kappa shape index (κ1) is 29.5. The van der Waals surface area contributed by atoms with Crippen LogP contribution in [0.25, 0.3) is 10.9 Å². The molecule has 0 aliphatic carbocycles. The minimum absolute atomic E-state index is 0.172. The summed E-state index contributed by atoms with van der Waals surface area (Å²) in [5.41, 5.74) is 2.58. The predicted octanol–water partition coefficient (Wildman–Crippen LogP) is 4.25. The van der Waals surface area contributed by atoms with Crippen LogP contribution >= 0.6 is 11.3 Å². The van der Waals surface area contributed by atoms with Crippen LogP contribution in [0.1, 0.15) is 15.9 Å². The molecule has 1 aliphatic heterocycles. The summed E-state index contributed by atoms with van der Waals surface area (Å²) in [6.07, 6.45) is 5.06.